The van der Waals surface area contributed by atoms with E-state index in [0.717, 1.165) is 22.2 Å². The maximum absolute atomic E-state index is 14.1. The number of aryl methyl sites for hydroxylation is 1. The van der Waals surface area contributed by atoms with Crippen LogP contribution in [0.1, 0.15) is 37.0 Å². The van der Waals surface area contributed by atoms with Gasteiger partial charge < -0.3 is 10.2 Å². The molecule has 0 aliphatic rings. The number of nitrogens with zero attached hydrogens (tertiary/aromatic N) is 3. The second-order valence-electron chi connectivity index (χ2n) is 10.2. The van der Waals surface area contributed by atoms with E-state index >= 15 is 0 Å². The summed E-state index contributed by atoms with van der Waals surface area (Å²) < 4.78 is 40.4. The average molecular weight is 599 g/mol. The van der Waals surface area contributed by atoms with Crippen molar-refractivity contribution >= 4 is 33.2 Å². The first-order valence-electron chi connectivity index (χ1n) is 13.4. The smallest absolute Gasteiger partial charge is 0.271 e. The Labute approximate surface area is 245 Å². The largest absolute Gasteiger partial charge is 0.352 e. The first kappa shape index (κ1) is 32.2. The first-order chi connectivity index (χ1) is 19.8. The molecule has 2 amide bonds. The van der Waals surface area contributed by atoms with Crippen molar-refractivity contribution in [2.45, 2.75) is 52.2 Å². The minimum atomic E-state index is -4.10. The summed E-state index contributed by atoms with van der Waals surface area (Å²) in [4.78, 5) is 39.8. The molecule has 0 saturated heterocycles. The summed E-state index contributed by atoms with van der Waals surface area (Å²) in [5.41, 5.74) is 1.34. The van der Waals surface area contributed by atoms with Gasteiger partial charge in [0.25, 0.3) is 5.69 Å². The van der Waals surface area contributed by atoms with Crippen molar-refractivity contribution in [2.75, 3.05) is 17.1 Å². The van der Waals surface area contributed by atoms with Crippen LogP contribution in [0.15, 0.2) is 72.8 Å². The number of carbonyl (C=O) groups is 2. The molecule has 3 rings (SSSR count). The second-order valence-corrected chi connectivity index (χ2v) is 12.1. The van der Waals surface area contributed by atoms with Gasteiger partial charge in [-0.3, -0.25) is 24.0 Å². The molecule has 0 saturated carbocycles. The molecule has 0 unspecified atom stereocenters. The van der Waals surface area contributed by atoms with Crippen LogP contribution in [0.3, 0.4) is 0 Å². The van der Waals surface area contributed by atoms with Crippen molar-refractivity contribution in [3.8, 4) is 0 Å². The van der Waals surface area contributed by atoms with E-state index in [1.807, 2.05) is 44.2 Å². The van der Waals surface area contributed by atoms with E-state index in [1.54, 1.807) is 6.92 Å². The number of amides is 2. The Kier molecular flexibility index (Phi) is 10.8. The van der Waals surface area contributed by atoms with Crippen LogP contribution in [0.2, 0.25) is 0 Å². The number of nitro benzene ring substituents is 1. The third kappa shape index (κ3) is 8.59. The fourth-order valence-corrected chi connectivity index (χ4v) is 5.26. The van der Waals surface area contributed by atoms with Crippen molar-refractivity contribution in [1.29, 1.82) is 0 Å². The normalized spacial score (nSPS) is 12.7. The lowest BCUT2D eigenvalue weighted by atomic mass is 10.0. The molecule has 0 aliphatic heterocycles. The zero-order valence-electron chi connectivity index (χ0n) is 24.0. The summed E-state index contributed by atoms with van der Waals surface area (Å²) in [5, 5.41) is 14.4. The van der Waals surface area contributed by atoms with Gasteiger partial charge in [-0.2, -0.15) is 0 Å². The third-order valence-electron chi connectivity index (χ3n) is 6.89. The number of sulfonamides is 1. The van der Waals surface area contributed by atoms with Gasteiger partial charge in [-0.05, 0) is 49.1 Å². The van der Waals surface area contributed by atoms with E-state index in [2.05, 4.69) is 5.32 Å². The number of benzene rings is 3. The standard InChI is InChI=1S/C30H35FN4O6S/c1-5-22(3)32-30(37)28(17-23-9-7-6-8-10-23)33(19-24-12-14-25(31)15-13-24)29(36)20-34(42(4,40)41)27-18-26(35(38)39)16-11-21(27)2/h6-16,18,22,28H,5,17,19-20H2,1-4H3,(H,32,37)/t22-,28+/m0/s1. The van der Waals surface area contributed by atoms with Crippen LogP contribution in [-0.4, -0.2) is 54.9 Å². The zero-order valence-corrected chi connectivity index (χ0v) is 24.8. The highest BCUT2D eigenvalue weighted by Crippen LogP contribution is 2.28. The first-order valence-corrected chi connectivity index (χ1v) is 15.3. The summed E-state index contributed by atoms with van der Waals surface area (Å²) in [6, 6.07) is 17.0. The number of hydrogen-bond acceptors (Lipinski definition) is 6. The zero-order chi connectivity index (χ0) is 31.0. The van der Waals surface area contributed by atoms with Gasteiger partial charge in [-0.25, -0.2) is 12.8 Å². The highest BCUT2D eigenvalue weighted by molar-refractivity contribution is 7.92. The Balaban J connectivity index is 2.10. The van der Waals surface area contributed by atoms with E-state index in [9.17, 15) is 32.5 Å². The molecule has 12 heteroatoms. The van der Waals surface area contributed by atoms with Gasteiger partial charge in [0.15, 0.2) is 0 Å². The Bertz CT molecular complexity index is 1520. The van der Waals surface area contributed by atoms with Gasteiger partial charge in [0.1, 0.15) is 18.4 Å². The Morgan fingerprint density at radius 2 is 1.67 bits per heavy atom. The number of hydrogen-bond donors (Lipinski definition) is 1. The summed E-state index contributed by atoms with van der Waals surface area (Å²) in [6.45, 7) is 4.49. The van der Waals surface area contributed by atoms with Crippen LogP contribution < -0.4 is 9.62 Å². The molecule has 0 radical (unpaired) electrons. The van der Waals surface area contributed by atoms with E-state index in [0.29, 0.717) is 17.5 Å². The number of non-ortho nitro benzene ring substituents is 1. The molecule has 0 aromatic heterocycles. The van der Waals surface area contributed by atoms with E-state index in [4.69, 9.17) is 0 Å². The molecule has 3 aromatic rings. The monoisotopic (exact) mass is 598 g/mol. The molecule has 10 nitrogen and oxygen atoms in total. The molecular formula is C30H35FN4O6S. The second kappa shape index (κ2) is 14.0. The summed E-state index contributed by atoms with van der Waals surface area (Å²) >= 11 is 0. The van der Waals surface area contributed by atoms with Crippen LogP contribution in [0.4, 0.5) is 15.8 Å². The molecule has 0 spiro atoms. The topological polar surface area (TPSA) is 130 Å². The fourth-order valence-electron chi connectivity index (χ4n) is 4.36. The van der Waals surface area contributed by atoms with Gasteiger partial charge in [0, 0.05) is 31.1 Å². The van der Waals surface area contributed by atoms with Crippen molar-refractivity contribution in [1.82, 2.24) is 10.2 Å². The van der Waals surface area contributed by atoms with Crippen LogP contribution in [0, 0.1) is 22.9 Å². The van der Waals surface area contributed by atoms with Crippen LogP contribution >= 0.6 is 0 Å². The Hall–Kier alpha value is -4.32. The van der Waals surface area contributed by atoms with Gasteiger partial charge in [0.05, 0.1) is 16.9 Å². The number of nitro groups is 1. The summed E-state index contributed by atoms with van der Waals surface area (Å²) in [5.74, 6) is -1.62. The molecule has 0 bridgehead atoms. The van der Waals surface area contributed by atoms with Crippen molar-refractivity contribution in [3.05, 3.63) is 105 Å². The lowest BCUT2D eigenvalue weighted by molar-refractivity contribution is -0.384. The van der Waals surface area contributed by atoms with E-state index in [-0.39, 0.29) is 30.4 Å². The number of rotatable bonds is 13. The molecule has 42 heavy (non-hydrogen) atoms. The number of nitrogens with one attached hydrogen (secondary N) is 1. The SMILES string of the molecule is CC[C@H](C)NC(=O)[C@@H](Cc1ccccc1)N(Cc1ccc(F)cc1)C(=O)CN(c1cc([N+](=O)[O-])ccc1C)S(C)(=O)=O. The van der Waals surface area contributed by atoms with Crippen molar-refractivity contribution in [3.63, 3.8) is 0 Å². The molecule has 224 valence electrons. The predicted molar refractivity (Wildman–Crippen MR) is 159 cm³/mol. The van der Waals surface area contributed by atoms with E-state index < -0.39 is 45.2 Å². The lowest BCUT2D eigenvalue weighted by Gasteiger charge is -2.34. The number of anilines is 1. The highest BCUT2D eigenvalue weighted by atomic mass is 32.2. The molecule has 2 atom stereocenters. The number of halogens is 1. The molecule has 0 fully saturated rings. The summed E-state index contributed by atoms with van der Waals surface area (Å²) in [7, 11) is -4.10. The van der Waals surface area contributed by atoms with Crippen LogP contribution in [0.5, 0.6) is 0 Å². The highest BCUT2D eigenvalue weighted by Gasteiger charge is 2.34. The van der Waals surface area contributed by atoms with Gasteiger partial charge in [0.2, 0.25) is 21.8 Å². The predicted octanol–water partition coefficient (Wildman–Crippen LogP) is 4.36. The minimum absolute atomic E-state index is 0.0227. The molecule has 1 N–H and O–H groups in total. The van der Waals surface area contributed by atoms with Crippen molar-refractivity contribution < 1.29 is 27.3 Å². The Morgan fingerprint density at radius 1 is 1.02 bits per heavy atom. The maximum Gasteiger partial charge on any atom is 0.271 e. The third-order valence-corrected chi connectivity index (χ3v) is 8.02. The summed E-state index contributed by atoms with van der Waals surface area (Å²) in [6.07, 6.45) is 1.67. The number of carbonyl (C=O) groups excluding carboxylic acids is 2. The van der Waals surface area contributed by atoms with Crippen molar-refractivity contribution in [2.24, 2.45) is 0 Å². The Morgan fingerprint density at radius 3 is 2.24 bits per heavy atom. The van der Waals surface area contributed by atoms with Crippen LogP contribution in [0.25, 0.3) is 0 Å². The molecular weight excluding hydrogens is 563 g/mol. The average Bonchev–Trinajstić information content (AvgIpc) is 2.94. The van der Waals surface area contributed by atoms with E-state index in [1.165, 1.54) is 41.3 Å². The minimum Gasteiger partial charge on any atom is -0.352 e. The molecule has 0 aliphatic carbocycles. The lowest BCUT2D eigenvalue weighted by Crippen LogP contribution is -2.54. The molecule has 3 aromatic carbocycles. The van der Waals surface area contributed by atoms with Gasteiger partial charge in [-0.1, -0.05) is 55.5 Å². The fraction of sp³-hybridized carbons (Fsp3) is 0.333. The van der Waals surface area contributed by atoms with Gasteiger partial charge >= 0.3 is 0 Å². The molecule has 0 heterocycles. The van der Waals surface area contributed by atoms with Gasteiger partial charge in [-0.15, -0.1) is 0 Å². The maximum atomic E-state index is 14.1. The van der Waals surface area contributed by atoms with Crippen LogP contribution in [-0.2, 0) is 32.6 Å². The quantitative estimate of drug-likeness (QED) is 0.230.